The lowest BCUT2D eigenvalue weighted by molar-refractivity contribution is -0.142. The van der Waals surface area contributed by atoms with E-state index in [-0.39, 0.29) is 13.2 Å². The summed E-state index contributed by atoms with van der Waals surface area (Å²) in [5.74, 6) is -0.647. The molecule has 0 radical (unpaired) electrons. The van der Waals surface area contributed by atoms with Crippen LogP contribution in [0.1, 0.15) is 20.3 Å². The molecule has 0 bridgehead atoms. The van der Waals surface area contributed by atoms with Crippen molar-refractivity contribution < 1.29 is 27.5 Å². The molecule has 0 rings (SSSR count). The van der Waals surface area contributed by atoms with E-state index < -0.39 is 30.6 Å². The Balaban J connectivity index is 3.82. The molecule has 0 aromatic carbocycles. The van der Waals surface area contributed by atoms with Gasteiger partial charge in [-0.05, 0) is 13.8 Å². The highest BCUT2D eigenvalue weighted by molar-refractivity contribution is 5.80. The number of carbonyl (C=O) groups excluding carboxylic acids is 2. The fourth-order valence-corrected chi connectivity index (χ4v) is 1.04. The summed E-state index contributed by atoms with van der Waals surface area (Å²) in [4.78, 5) is 21.9. The quantitative estimate of drug-likeness (QED) is 0.726. The molecule has 2 amide bonds. The molecule has 0 aromatic heterocycles. The summed E-state index contributed by atoms with van der Waals surface area (Å²) in [5.41, 5.74) is 0. The Morgan fingerprint density at radius 3 is 2.41 bits per heavy atom. The smallest absolute Gasteiger partial charge is 0.391 e. The number of ether oxygens (including phenoxy) is 1. The maximum absolute atomic E-state index is 11.9. The molecular formula is C9H15F3N2O3. The molecule has 0 saturated heterocycles. The van der Waals surface area contributed by atoms with Crippen molar-refractivity contribution in [1.82, 2.24) is 10.6 Å². The van der Waals surface area contributed by atoms with Gasteiger partial charge >= 0.3 is 18.2 Å². The number of rotatable bonds is 5. The number of esters is 1. The molecule has 0 fully saturated rings. The average Bonchev–Trinajstić information content (AvgIpc) is 2.12. The lowest BCUT2D eigenvalue weighted by Crippen LogP contribution is -2.44. The monoisotopic (exact) mass is 256 g/mol. The third kappa shape index (κ3) is 9.46. The van der Waals surface area contributed by atoms with Crippen molar-refractivity contribution in [3.8, 4) is 0 Å². The summed E-state index contributed by atoms with van der Waals surface area (Å²) in [6.45, 7) is 2.62. The molecule has 0 aliphatic rings. The van der Waals surface area contributed by atoms with E-state index in [4.69, 9.17) is 0 Å². The number of hydrogen-bond acceptors (Lipinski definition) is 3. The topological polar surface area (TPSA) is 67.4 Å². The normalized spacial score (nSPS) is 12.8. The zero-order valence-corrected chi connectivity index (χ0v) is 9.56. The second-order valence-corrected chi connectivity index (χ2v) is 3.35. The molecule has 1 unspecified atom stereocenters. The van der Waals surface area contributed by atoms with E-state index in [1.807, 2.05) is 0 Å². The van der Waals surface area contributed by atoms with E-state index in [0.29, 0.717) is 0 Å². The number of halogens is 3. The first-order valence-electron chi connectivity index (χ1n) is 5.01. The van der Waals surface area contributed by atoms with Crippen LogP contribution in [0.5, 0.6) is 0 Å². The van der Waals surface area contributed by atoms with Gasteiger partial charge < -0.3 is 15.4 Å². The number of hydrogen-bond donors (Lipinski definition) is 2. The fourth-order valence-electron chi connectivity index (χ4n) is 1.04. The Labute approximate surface area is 96.7 Å². The predicted molar refractivity (Wildman–Crippen MR) is 53.3 cm³/mol. The van der Waals surface area contributed by atoms with E-state index in [1.54, 1.807) is 6.92 Å². The van der Waals surface area contributed by atoms with Crippen LogP contribution in [0.4, 0.5) is 18.0 Å². The van der Waals surface area contributed by atoms with Crippen molar-refractivity contribution in [3.05, 3.63) is 0 Å². The van der Waals surface area contributed by atoms with Crippen molar-refractivity contribution in [2.45, 2.75) is 32.5 Å². The zero-order valence-electron chi connectivity index (χ0n) is 9.56. The molecule has 0 aliphatic carbocycles. The van der Waals surface area contributed by atoms with Crippen molar-refractivity contribution in [1.29, 1.82) is 0 Å². The van der Waals surface area contributed by atoms with Crippen molar-refractivity contribution in [2.75, 3.05) is 13.2 Å². The second-order valence-electron chi connectivity index (χ2n) is 3.35. The van der Waals surface area contributed by atoms with Gasteiger partial charge in [-0.25, -0.2) is 4.79 Å². The minimum Gasteiger partial charge on any atom is -0.465 e. The molecule has 0 saturated carbocycles. The van der Waals surface area contributed by atoms with Crippen LogP contribution < -0.4 is 10.6 Å². The standard InChI is InChI=1S/C9H15F3N2O3/c1-3-17-7(15)5-13-8(16)14-6(2)4-9(10,11)12/h6H,3-5H2,1-2H3,(H2,13,14,16). The highest BCUT2D eigenvalue weighted by Crippen LogP contribution is 2.21. The molecule has 0 heterocycles. The Bertz CT molecular complexity index is 269. The molecule has 0 aromatic rings. The predicted octanol–water partition coefficient (Wildman–Crippen LogP) is 1.19. The van der Waals surface area contributed by atoms with Crippen LogP contribution in [-0.2, 0) is 9.53 Å². The highest BCUT2D eigenvalue weighted by Gasteiger charge is 2.30. The van der Waals surface area contributed by atoms with Gasteiger partial charge in [0.2, 0.25) is 0 Å². The first-order valence-corrected chi connectivity index (χ1v) is 5.01. The van der Waals surface area contributed by atoms with Gasteiger partial charge in [0.25, 0.3) is 0 Å². The molecule has 8 heteroatoms. The molecule has 0 spiro atoms. The minimum atomic E-state index is -4.34. The maximum atomic E-state index is 11.9. The number of amides is 2. The molecule has 1 atom stereocenters. The Hall–Kier alpha value is -1.47. The number of nitrogens with one attached hydrogen (secondary N) is 2. The van der Waals surface area contributed by atoms with Crippen LogP contribution in [0.3, 0.4) is 0 Å². The minimum absolute atomic E-state index is 0.173. The van der Waals surface area contributed by atoms with Gasteiger partial charge in [-0.1, -0.05) is 0 Å². The average molecular weight is 256 g/mol. The van der Waals surface area contributed by atoms with Gasteiger partial charge in [0.05, 0.1) is 13.0 Å². The van der Waals surface area contributed by atoms with E-state index in [1.165, 1.54) is 6.92 Å². The van der Waals surface area contributed by atoms with Gasteiger partial charge in [-0.3, -0.25) is 4.79 Å². The van der Waals surface area contributed by atoms with Crippen LogP contribution >= 0.6 is 0 Å². The second kappa shape index (κ2) is 6.97. The maximum Gasteiger partial charge on any atom is 0.391 e. The number of urea groups is 1. The van der Waals surface area contributed by atoms with Crippen LogP contribution in [0.15, 0.2) is 0 Å². The lowest BCUT2D eigenvalue weighted by atomic mass is 10.2. The van der Waals surface area contributed by atoms with Gasteiger partial charge in [0.15, 0.2) is 0 Å². The van der Waals surface area contributed by atoms with Crippen molar-refractivity contribution in [2.24, 2.45) is 0 Å². The summed E-state index contributed by atoms with van der Waals surface area (Å²) >= 11 is 0. The summed E-state index contributed by atoms with van der Waals surface area (Å²) in [5, 5.41) is 4.15. The van der Waals surface area contributed by atoms with E-state index in [0.717, 1.165) is 0 Å². The van der Waals surface area contributed by atoms with Crippen LogP contribution in [0.25, 0.3) is 0 Å². The summed E-state index contributed by atoms with van der Waals surface area (Å²) < 4.78 is 40.3. The third-order valence-corrected chi connectivity index (χ3v) is 1.61. The van der Waals surface area contributed by atoms with Gasteiger partial charge in [-0.15, -0.1) is 0 Å². The van der Waals surface area contributed by atoms with Crippen LogP contribution in [0, 0.1) is 0 Å². The SMILES string of the molecule is CCOC(=O)CNC(=O)NC(C)CC(F)(F)F. The molecule has 5 nitrogen and oxygen atoms in total. The third-order valence-electron chi connectivity index (χ3n) is 1.61. The van der Waals surface area contributed by atoms with Gasteiger partial charge in [0, 0.05) is 6.04 Å². The summed E-state index contributed by atoms with van der Waals surface area (Å²) in [6, 6.07) is -1.90. The molecule has 17 heavy (non-hydrogen) atoms. The largest absolute Gasteiger partial charge is 0.465 e. The van der Waals surface area contributed by atoms with E-state index in [9.17, 15) is 22.8 Å². The lowest BCUT2D eigenvalue weighted by Gasteiger charge is -2.15. The molecular weight excluding hydrogens is 241 g/mol. The highest BCUT2D eigenvalue weighted by atomic mass is 19.4. The fraction of sp³-hybridized carbons (Fsp3) is 0.778. The Morgan fingerprint density at radius 2 is 1.94 bits per heavy atom. The van der Waals surface area contributed by atoms with Crippen LogP contribution in [-0.4, -0.2) is 37.4 Å². The first kappa shape index (κ1) is 15.5. The molecule has 2 N–H and O–H groups in total. The summed E-state index contributed by atoms with van der Waals surface area (Å²) in [6.07, 6.45) is -5.46. The number of alkyl halides is 3. The van der Waals surface area contributed by atoms with E-state index in [2.05, 4.69) is 15.4 Å². The summed E-state index contributed by atoms with van der Waals surface area (Å²) in [7, 11) is 0. The van der Waals surface area contributed by atoms with Crippen LogP contribution in [0.2, 0.25) is 0 Å². The molecule has 100 valence electrons. The Morgan fingerprint density at radius 1 is 1.35 bits per heavy atom. The number of carbonyl (C=O) groups is 2. The van der Waals surface area contributed by atoms with Crippen molar-refractivity contribution >= 4 is 12.0 Å². The van der Waals surface area contributed by atoms with Gasteiger partial charge in [0.1, 0.15) is 6.54 Å². The zero-order chi connectivity index (χ0) is 13.5. The molecule has 0 aliphatic heterocycles. The Kier molecular flexibility index (Phi) is 6.37. The van der Waals surface area contributed by atoms with Gasteiger partial charge in [-0.2, -0.15) is 13.2 Å². The first-order chi connectivity index (χ1) is 7.74. The van der Waals surface area contributed by atoms with E-state index >= 15 is 0 Å². The van der Waals surface area contributed by atoms with Crippen molar-refractivity contribution in [3.63, 3.8) is 0 Å².